The number of aryl methyl sites for hydroxylation is 1. The molecule has 0 unspecified atom stereocenters. The molecular weight excluding hydrogens is 342 g/mol. The molecule has 2 aromatic rings. The van der Waals surface area contributed by atoms with Crippen molar-refractivity contribution in [3.05, 3.63) is 36.0 Å². The normalized spacial score (nSPS) is 22.9. The molecule has 4 rings (SSSR count). The fraction of sp³-hybridized carbons (Fsp3) is 0.524. The summed E-state index contributed by atoms with van der Waals surface area (Å²) in [7, 11) is 0. The summed E-state index contributed by atoms with van der Waals surface area (Å²) in [6.45, 7) is 2.30. The Morgan fingerprint density at radius 2 is 2.07 bits per heavy atom. The van der Waals surface area contributed by atoms with Gasteiger partial charge in [-0.15, -0.1) is 0 Å². The van der Waals surface area contributed by atoms with Crippen molar-refractivity contribution in [2.45, 2.75) is 32.1 Å². The number of aliphatic hydroxyl groups is 1. The second kappa shape index (κ2) is 7.35. The van der Waals surface area contributed by atoms with E-state index in [2.05, 4.69) is 11.1 Å². The number of nitrogens with one attached hydrogen (secondary N) is 1. The molecule has 0 radical (unpaired) electrons. The van der Waals surface area contributed by atoms with Gasteiger partial charge in [-0.25, -0.2) is 0 Å². The van der Waals surface area contributed by atoms with Gasteiger partial charge in [0.2, 0.25) is 11.8 Å². The zero-order chi connectivity index (χ0) is 18.9. The van der Waals surface area contributed by atoms with E-state index in [0.717, 1.165) is 36.9 Å². The Morgan fingerprint density at radius 3 is 2.93 bits per heavy atom. The first-order valence-electron chi connectivity index (χ1n) is 9.86. The quantitative estimate of drug-likeness (QED) is 0.846. The van der Waals surface area contributed by atoms with Gasteiger partial charge in [-0.05, 0) is 37.3 Å². The third-order valence-electron chi connectivity index (χ3n) is 6.18. The number of carbonyl (C=O) groups excluding carboxylic acids is 2. The van der Waals surface area contributed by atoms with Crippen LogP contribution in [0.4, 0.5) is 0 Å². The summed E-state index contributed by atoms with van der Waals surface area (Å²) in [6, 6.07) is 8.13. The maximum absolute atomic E-state index is 12.9. The maximum atomic E-state index is 12.9. The van der Waals surface area contributed by atoms with Crippen LogP contribution in [0.1, 0.15) is 31.2 Å². The molecule has 3 heterocycles. The second-order valence-electron chi connectivity index (χ2n) is 7.82. The average Bonchev–Trinajstić information content (AvgIpc) is 3.29. The summed E-state index contributed by atoms with van der Waals surface area (Å²) >= 11 is 0. The molecule has 144 valence electrons. The number of benzene rings is 1. The molecule has 1 aromatic carbocycles. The minimum atomic E-state index is -0.427. The van der Waals surface area contributed by atoms with Gasteiger partial charge in [0.1, 0.15) is 0 Å². The number of rotatable bonds is 5. The van der Waals surface area contributed by atoms with Gasteiger partial charge in [-0.1, -0.05) is 18.2 Å². The zero-order valence-corrected chi connectivity index (χ0v) is 15.6. The summed E-state index contributed by atoms with van der Waals surface area (Å²) in [5.41, 5.74) is 1.83. The van der Waals surface area contributed by atoms with Crippen LogP contribution < -0.4 is 0 Å². The lowest BCUT2D eigenvalue weighted by atomic mass is 9.78. The first-order chi connectivity index (χ1) is 13.1. The van der Waals surface area contributed by atoms with Gasteiger partial charge in [-0.3, -0.25) is 9.59 Å². The van der Waals surface area contributed by atoms with E-state index < -0.39 is 5.41 Å². The smallest absolute Gasteiger partial charge is 0.230 e. The van der Waals surface area contributed by atoms with E-state index in [9.17, 15) is 14.7 Å². The van der Waals surface area contributed by atoms with Crippen LogP contribution >= 0.6 is 0 Å². The molecular formula is C21H27N3O3. The number of para-hydroxylation sites is 1. The molecule has 2 aliphatic rings. The summed E-state index contributed by atoms with van der Waals surface area (Å²) in [4.78, 5) is 32.5. The molecule has 1 atom stereocenters. The Hall–Kier alpha value is -2.34. The van der Waals surface area contributed by atoms with Crippen LogP contribution in [0.15, 0.2) is 30.5 Å². The predicted octanol–water partition coefficient (Wildman–Crippen LogP) is 1.93. The lowest BCUT2D eigenvalue weighted by Crippen LogP contribution is -2.51. The SMILES string of the molecule is O=C(CCc1c[nH]c2ccccc12)N1CC[C@]2(CCCN(CCO)C2=O)C1. The van der Waals surface area contributed by atoms with Crippen molar-refractivity contribution >= 4 is 22.7 Å². The fourth-order valence-corrected chi connectivity index (χ4v) is 4.69. The molecule has 2 aliphatic heterocycles. The number of nitrogens with zero attached hydrogens (tertiary/aromatic N) is 2. The third kappa shape index (κ3) is 3.34. The van der Waals surface area contributed by atoms with Crippen LogP contribution in [0.2, 0.25) is 0 Å². The van der Waals surface area contributed by atoms with Crippen molar-refractivity contribution in [1.29, 1.82) is 0 Å². The van der Waals surface area contributed by atoms with Crippen LogP contribution in [-0.2, 0) is 16.0 Å². The highest BCUT2D eigenvalue weighted by molar-refractivity contribution is 5.87. The van der Waals surface area contributed by atoms with Gasteiger partial charge in [-0.2, -0.15) is 0 Å². The van der Waals surface area contributed by atoms with Gasteiger partial charge in [0.15, 0.2) is 0 Å². The zero-order valence-electron chi connectivity index (χ0n) is 15.6. The number of carbonyl (C=O) groups is 2. The van der Waals surface area contributed by atoms with Crippen LogP contribution in [0.25, 0.3) is 10.9 Å². The predicted molar refractivity (Wildman–Crippen MR) is 103 cm³/mol. The summed E-state index contributed by atoms with van der Waals surface area (Å²) < 4.78 is 0. The summed E-state index contributed by atoms with van der Waals surface area (Å²) in [5.74, 6) is 0.249. The van der Waals surface area contributed by atoms with Crippen molar-refractivity contribution in [2.24, 2.45) is 5.41 Å². The van der Waals surface area contributed by atoms with Gasteiger partial charge >= 0.3 is 0 Å². The first-order valence-corrected chi connectivity index (χ1v) is 9.86. The molecule has 2 N–H and O–H groups in total. The van der Waals surface area contributed by atoms with Crippen molar-refractivity contribution in [3.63, 3.8) is 0 Å². The van der Waals surface area contributed by atoms with Crippen LogP contribution in [0.5, 0.6) is 0 Å². The Labute approximate surface area is 159 Å². The molecule has 1 spiro atoms. The van der Waals surface area contributed by atoms with E-state index in [1.54, 1.807) is 4.90 Å². The molecule has 6 nitrogen and oxygen atoms in total. The van der Waals surface area contributed by atoms with E-state index in [4.69, 9.17) is 0 Å². The minimum Gasteiger partial charge on any atom is -0.395 e. The number of aromatic nitrogens is 1. The molecule has 27 heavy (non-hydrogen) atoms. The number of hydrogen-bond donors (Lipinski definition) is 2. The highest BCUT2D eigenvalue weighted by Crippen LogP contribution is 2.40. The molecule has 1 aromatic heterocycles. The molecule has 0 saturated carbocycles. The summed E-state index contributed by atoms with van der Waals surface area (Å²) in [5, 5.41) is 10.4. The standard InChI is InChI=1S/C21H27N3O3/c25-13-12-23-10-3-8-21(20(23)27)9-11-24(15-21)19(26)7-6-16-14-22-18-5-2-1-4-17(16)18/h1-2,4-5,14,22,25H,3,6-13,15H2/t21-/m1/s1. The number of amides is 2. The summed E-state index contributed by atoms with van der Waals surface area (Å²) in [6.07, 6.45) is 5.69. The van der Waals surface area contributed by atoms with Crippen molar-refractivity contribution < 1.29 is 14.7 Å². The molecule has 2 fully saturated rings. The largest absolute Gasteiger partial charge is 0.395 e. The Kier molecular flexibility index (Phi) is 4.91. The number of β-amino-alcohol motifs (C(OH)–C–C–N with tert-alkyl or cyclic N) is 1. The molecule has 0 aliphatic carbocycles. The number of H-pyrrole nitrogens is 1. The van der Waals surface area contributed by atoms with Gasteiger partial charge < -0.3 is 19.9 Å². The molecule has 0 bridgehead atoms. The van der Waals surface area contributed by atoms with Crippen LogP contribution in [-0.4, -0.2) is 64.5 Å². The van der Waals surface area contributed by atoms with E-state index in [1.807, 2.05) is 29.3 Å². The first kappa shape index (κ1) is 18.0. The van der Waals surface area contributed by atoms with Crippen molar-refractivity contribution in [1.82, 2.24) is 14.8 Å². The minimum absolute atomic E-state index is 0.00487. The topological polar surface area (TPSA) is 76.6 Å². The highest BCUT2D eigenvalue weighted by Gasteiger charge is 2.49. The molecule has 6 heteroatoms. The third-order valence-corrected chi connectivity index (χ3v) is 6.18. The number of aliphatic hydroxyl groups excluding tert-OH is 1. The lowest BCUT2D eigenvalue weighted by Gasteiger charge is -2.39. The van der Waals surface area contributed by atoms with Crippen molar-refractivity contribution in [2.75, 3.05) is 32.8 Å². The number of hydrogen-bond acceptors (Lipinski definition) is 3. The number of fused-ring (bicyclic) bond motifs is 1. The van der Waals surface area contributed by atoms with Gasteiger partial charge in [0.25, 0.3) is 0 Å². The number of piperidine rings is 1. The Bertz CT molecular complexity index is 844. The second-order valence-corrected chi connectivity index (χ2v) is 7.82. The number of aromatic amines is 1. The average molecular weight is 369 g/mol. The number of likely N-dealkylation sites (tertiary alicyclic amines) is 2. The van der Waals surface area contributed by atoms with Crippen LogP contribution in [0.3, 0.4) is 0 Å². The maximum Gasteiger partial charge on any atom is 0.230 e. The van der Waals surface area contributed by atoms with Crippen molar-refractivity contribution in [3.8, 4) is 0 Å². The van der Waals surface area contributed by atoms with E-state index in [0.29, 0.717) is 32.5 Å². The Balaban J connectivity index is 1.38. The molecule has 2 amide bonds. The Morgan fingerprint density at radius 1 is 1.22 bits per heavy atom. The lowest BCUT2D eigenvalue weighted by molar-refractivity contribution is -0.146. The van der Waals surface area contributed by atoms with Gasteiger partial charge in [0, 0.05) is 49.7 Å². The highest BCUT2D eigenvalue weighted by atomic mass is 16.3. The van der Waals surface area contributed by atoms with Gasteiger partial charge in [0.05, 0.1) is 12.0 Å². The monoisotopic (exact) mass is 369 g/mol. The van der Waals surface area contributed by atoms with E-state index in [-0.39, 0.29) is 18.4 Å². The molecule has 2 saturated heterocycles. The fourth-order valence-electron chi connectivity index (χ4n) is 4.69. The van der Waals surface area contributed by atoms with Crippen LogP contribution in [0, 0.1) is 5.41 Å². The van der Waals surface area contributed by atoms with E-state index in [1.165, 1.54) is 5.39 Å². The van der Waals surface area contributed by atoms with E-state index >= 15 is 0 Å².